The van der Waals surface area contributed by atoms with E-state index in [0.717, 1.165) is 19.3 Å². The van der Waals surface area contributed by atoms with Gasteiger partial charge in [-0.25, -0.2) is 0 Å². The highest BCUT2D eigenvalue weighted by Gasteiger charge is 2.48. The van der Waals surface area contributed by atoms with Crippen molar-refractivity contribution < 1.29 is 14.7 Å². The van der Waals surface area contributed by atoms with Crippen LogP contribution in [0.2, 0.25) is 0 Å². The van der Waals surface area contributed by atoms with Crippen LogP contribution in [0.3, 0.4) is 0 Å². The van der Waals surface area contributed by atoms with Gasteiger partial charge in [0.25, 0.3) is 0 Å². The first kappa shape index (κ1) is 16.3. The average molecular weight is 296 g/mol. The van der Waals surface area contributed by atoms with Gasteiger partial charge in [0.1, 0.15) is 6.04 Å². The topological polar surface area (TPSA) is 69.6 Å². The molecular formula is C16H28N2O3. The van der Waals surface area contributed by atoms with Crippen molar-refractivity contribution in [2.45, 2.75) is 71.0 Å². The Balaban J connectivity index is 2.09. The molecule has 120 valence electrons. The molecule has 5 nitrogen and oxygen atoms in total. The number of carboxylic acid groups (broad SMARTS) is 1. The van der Waals surface area contributed by atoms with Crippen LogP contribution in [0.4, 0.5) is 0 Å². The Kier molecular flexibility index (Phi) is 5.25. The van der Waals surface area contributed by atoms with Gasteiger partial charge in [0, 0.05) is 12.6 Å². The first-order chi connectivity index (χ1) is 9.91. The van der Waals surface area contributed by atoms with Crippen molar-refractivity contribution in [3.05, 3.63) is 0 Å². The molecule has 2 aliphatic rings. The van der Waals surface area contributed by atoms with Gasteiger partial charge in [0.05, 0.1) is 6.04 Å². The highest BCUT2D eigenvalue weighted by atomic mass is 16.4. The predicted octanol–water partition coefficient (Wildman–Crippen LogP) is 1.86. The Hall–Kier alpha value is -1.10. The van der Waals surface area contributed by atoms with Crippen LogP contribution in [0.15, 0.2) is 0 Å². The monoisotopic (exact) mass is 296 g/mol. The first-order valence-corrected chi connectivity index (χ1v) is 8.19. The Bertz CT molecular complexity index is 397. The molecule has 1 amide bonds. The fraction of sp³-hybridized carbons (Fsp3) is 0.875. The molecule has 0 aromatic heterocycles. The maximum Gasteiger partial charge on any atom is 0.320 e. The molecule has 0 radical (unpaired) electrons. The third-order valence-electron chi connectivity index (χ3n) is 4.93. The highest BCUT2D eigenvalue weighted by molar-refractivity contribution is 5.83. The number of hydrogen-bond donors (Lipinski definition) is 2. The minimum Gasteiger partial charge on any atom is -0.480 e. The van der Waals surface area contributed by atoms with Crippen LogP contribution < -0.4 is 5.32 Å². The molecule has 1 saturated carbocycles. The van der Waals surface area contributed by atoms with E-state index in [1.165, 1.54) is 6.42 Å². The summed E-state index contributed by atoms with van der Waals surface area (Å²) in [5, 5.41) is 12.4. The van der Waals surface area contributed by atoms with Crippen LogP contribution in [0.1, 0.15) is 52.9 Å². The van der Waals surface area contributed by atoms with Crippen LogP contribution in [-0.2, 0) is 9.59 Å². The number of likely N-dealkylation sites (tertiary alicyclic amines) is 1. The largest absolute Gasteiger partial charge is 0.480 e. The molecule has 1 aliphatic heterocycles. The molecule has 0 spiro atoms. The van der Waals surface area contributed by atoms with Gasteiger partial charge in [0.15, 0.2) is 0 Å². The van der Waals surface area contributed by atoms with Gasteiger partial charge in [0.2, 0.25) is 5.91 Å². The standard InChI is InChI=1S/C16H28N2O3/c1-10(2)9-17-15(19)11(3)18-13-7-5-4-6-12(13)8-14(18)16(20)21/h10-14H,4-9H2,1-3H3,(H,17,19)(H,20,21). The van der Waals surface area contributed by atoms with Crippen LogP contribution in [0, 0.1) is 11.8 Å². The van der Waals surface area contributed by atoms with E-state index in [1.54, 1.807) is 0 Å². The molecular weight excluding hydrogens is 268 g/mol. The van der Waals surface area contributed by atoms with E-state index in [-0.39, 0.29) is 18.0 Å². The average Bonchev–Trinajstić information content (AvgIpc) is 2.83. The summed E-state index contributed by atoms with van der Waals surface area (Å²) in [6.07, 6.45) is 5.16. The summed E-state index contributed by atoms with van der Waals surface area (Å²) in [6.45, 7) is 6.60. The van der Waals surface area contributed by atoms with Gasteiger partial charge in [-0.1, -0.05) is 26.7 Å². The van der Waals surface area contributed by atoms with Crippen LogP contribution in [-0.4, -0.2) is 46.6 Å². The van der Waals surface area contributed by atoms with Crippen molar-refractivity contribution in [3.8, 4) is 0 Å². The van der Waals surface area contributed by atoms with Gasteiger partial charge in [-0.15, -0.1) is 0 Å². The van der Waals surface area contributed by atoms with Crippen molar-refractivity contribution in [1.29, 1.82) is 0 Å². The van der Waals surface area contributed by atoms with E-state index < -0.39 is 12.0 Å². The Morgan fingerprint density at radius 3 is 2.52 bits per heavy atom. The summed E-state index contributed by atoms with van der Waals surface area (Å²) in [5.74, 6) is 0.0201. The highest BCUT2D eigenvalue weighted by Crippen LogP contribution is 2.40. The summed E-state index contributed by atoms with van der Waals surface area (Å²) in [7, 11) is 0. The molecule has 1 aliphatic carbocycles. The van der Waals surface area contributed by atoms with E-state index in [2.05, 4.69) is 19.2 Å². The third kappa shape index (κ3) is 3.57. The number of carbonyl (C=O) groups excluding carboxylic acids is 1. The molecule has 0 bridgehead atoms. The number of carbonyl (C=O) groups is 2. The number of nitrogens with one attached hydrogen (secondary N) is 1. The second-order valence-corrected chi connectivity index (χ2v) is 6.96. The van der Waals surface area contributed by atoms with E-state index >= 15 is 0 Å². The molecule has 4 atom stereocenters. The zero-order valence-electron chi connectivity index (χ0n) is 13.3. The quantitative estimate of drug-likeness (QED) is 0.812. The smallest absolute Gasteiger partial charge is 0.320 e. The minimum atomic E-state index is -0.784. The fourth-order valence-corrected chi connectivity index (χ4v) is 3.87. The number of carboxylic acids is 1. The number of nitrogens with zero attached hydrogens (tertiary/aromatic N) is 1. The Morgan fingerprint density at radius 1 is 1.24 bits per heavy atom. The zero-order valence-corrected chi connectivity index (χ0v) is 13.3. The van der Waals surface area contributed by atoms with Gasteiger partial charge >= 0.3 is 5.97 Å². The minimum absolute atomic E-state index is 0.0406. The first-order valence-electron chi connectivity index (χ1n) is 8.19. The predicted molar refractivity (Wildman–Crippen MR) is 80.9 cm³/mol. The number of fused-ring (bicyclic) bond motifs is 1. The Labute approximate surface area is 127 Å². The number of amides is 1. The summed E-state index contributed by atoms with van der Waals surface area (Å²) in [4.78, 5) is 25.9. The van der Waals surface area contributed by atoms with Gasteiger partial charge < -0.3 is 10.4 Å². The van der Waals surface area contributed by atoms with E-state index in [1.807, 2.05) is 11.8 Å². The zero-order chi connectivity index (χ0) is 15.6. The summed E-state index contributed by atoms with van der Waals surface area (Å²) in [6, 6.07) is -0.601. The van der Waals surface area contributed by atoms with Gasteiger partial charge in [-0.05, 0) is 38.0 Å². The molecule has 1 heterocycles. The van der Waals surface area contributed by atoms with Crippen molar-refractivity contribution in [3.63, 3.8) is 0 Å². The lowest BCUT2D eigenvalue weighted by atomic mass is 9.84. The summed E-state index contributed by atoms with van der Waals surface area (Å²) in [5.41, 5.74) is 0. The van der Waals surface area contributed by atoms with Crippen LogP contribution >= 0.6 is 0 Å². The van der Waals surface area contributed by atoms with Crippen molar-refractivity contribution in [2.24, 2.45) is 11.8 Å². The normalized spacial score (nSPS) is 31.0. The van der Waals surface area contributed by atoms with E-state index in [4.69, 9.17) is 0 Å². The molecule has 5 heteroatoms. The maximum atomic E-state index is 12.3. The van der Waals surface area contributed by atoms with Crippen molar-refractivity contribution in [2.75, 3.05) is 6.54 Å². The number of hydrogen-bond acceptors (Lipinski definition) is 3. The Morgan fingerprint density at radius 2 is 1.90 bits per heavy atom. The molecule has 4 unspecified atom stereocenters. The van der Waals surface area contributed by atoms with E-state index in [0.29, 0.717) is 24.8 Å². The van der Waals surface area contributed by atoms with E-state index in [9.17, 15) is 14.7 Å². The molecule has 2 N–H and O–H groups in total. The van der Waals surface area contributed by atoms with Crippen molar-refractivity contribution >= 4 is 11.9 Å². The molecule has 2 rings (SSSR count). The molecule has 21 heavy (non-hydrogen) atoms. The maximum absolute atomic E-state index is 12.3. The number of aliphatic carboxylic acids is 1. The lowest BCUT2D eigenvalue weighted by Crippen LogP contribution is -2.53. The van der Waals surface area contributed by atoms with Crippen LogP contribution in [0.5, 0.6) is 0 Å². The fourth-order valence-electron chi connectivity index (χ4n) is 3.87. The lowest BCUT2D eigenvalue weighted by Gasteiger charge is -2.36. The third-order valence-corrected chi connectivity index (χ3v) is 4.93. The van der Waals surface area contributed by atoms with Gasteiger partial charge in [-0.3, -0.25) is 14.5 Å². The number of rotatable bonds is 5. The molecule has 1 saturated heterocycles. The summed E-state index contributed by atoms with van der Waals surface area (Å²) >= 11 is 0. The molecule has 0 aromatic carbocycles. The molecule has 2 fully saturated rings. The molecule has 0 aromatic rings. The SMILES string of the molecule is CC(C)CNC(=O)C(C)N1C(C(=O)O)CC2CCCCC21. The second-order valence-electron chi connectivity index (χ2n) is 6.96. The second kappa shape index (κ2) is 6.77. The lowest BCUT2D eigenvalue weighted by molar-refractivity contribution is -0.144. The van der Waals surface area contributed by atoms with Gasteiger partial charge in [-0.2, -0.15) is 0 Å². The van der Waals surface area contributed by atoms with Crippen LogP contribution in [0.25, 0.3) is 0 Å². The van der Waals surface area contributed by atoms with Crippen molar-refractivity contribution in [1.82, 2.24) is 10.2 Å². The summed E-state index contributed by atoms with van der Waals surface area (Å²) < 4.78 is 0.